The van der Waals surface area contributed by atoms with Gasteiger partial charge < -0.3 is 10.2 Å². The third kappa shape index (κ3) is 2.32. The Morgan fingerprint density at radius 1 is 1.32 bits per heavy atom. The van der Waals surface area contributed by atoms with E-state index >= 15 is 0 Å². The quantitative estimate of drug-likeness (QED) is 0.849. The first-order valence-corrected chi connectivity index (χ1v) is 6.79. The van der Waals surface area contributed by atoms with E-state index in [2.05, 4.69) is 5.32 Å². The second-order valence-corrected chi connectivity index (χ2v) is 5.77. The largest absolute Gasteiger partial charge is 0.342 e. The van der Waals surface area contributed by atoms with Gasteiger partial charge in [-0.15, -0.1) is 0 Å². The predicted octanol–water partition coefficient (Wildman–Crippen LogP) is 1.55. The molecule has 2 aliphatic rings. The molecule has 1 N–H and O–H groups in total. The van der Waals surface area contributed by atoms with E-state index in [1.807, 2.05) is 0 Å². The van der Waals surface area contributed by atoms with E-state index in [4.69, 9.17) is 0 Å². The normalized spacial score (nSPS) is 26.6. The number of halogens is 2. The van der Waals surface area contributed by atoms with Crippen LogP contribution in [0, 0.1) is 5.92 Å². The van der Waals surface area contributed by atoms with Gasteiger partial charge in [-0.3, -0.25) is 9.59 Å². The van der Waals surface area contributed by atoms with Gasteiger partial charge in [0, 0.05) is 0 Å². The van der Waals surface area contributed by atoms with Crippen LogP contribution in [-0.2, 0) is 9.59 Å². The number of rotatable bonds is 3. The average molecular weight is 274 g/mol. The van der Waals surface area contributed by atoms with Crippen LogP contribution in [0.2, 0.25) is 0 Å². The second kappa shape index (κ2) is 5.06. The summed E-state index contributed by atoms with van der Waals surface area (Å²) in [7, 11) is 0. The molecule has 1 aliphatic carbocycles. The van der Waals surface area contributed by atoms with Gasteiger partial charge in [-0.2, -0.15) is 0 Å². The van der Waals surface area contributed by atoms with Crippen LogP contribution in [0.3, 0.4) is 0 Å². The molecule has 2 amide bonds. The molecule has 0 aromatic heterocycles. The lowest BCUT2D eigenvalue weighted by atomic mass is 9.87. The Bertz CT molecular complexity index is 379. The molecule has 1 heterocycles. The zero-order valence-electron chi connectivity index (χ0n) is 11.3. The van der Waals surface area contributed by atoms with Crippen molar-refractivity contribution in [2.75, 3.05) is 6.54 Å². The average Bonchev–Trinajstić information content (AvgIpc) is 2.79. The number of hydrogen-bond acceptors (Lipinski definition) is 2. The topological polar surface area (TPSA) is 49.4 Å². The van der Waals surface area contributed by atoms with Crippen LogP contribution in [0.4, 0.5) is 8.78 Å². The van der Waals surface area contributed by atoms with Crippen LogP contribution in [0.25, 0.3) is 0 Å². The van der Waals surface area contributed by atoms with Gasteiger partial charge in [0.2, 0.25) is 11.8 Å². The highest BCUT2D eigenvalue weighted by Gasteiger charge is 2.54. The number of carbonyl (C=O) groups is 2. The molecule has 4 nitrogen and oxygen atoms in total. The highest BCUT2D eigenvalue weighted by atomic mass is 19.3. The van der Waals surface area contributed by atoms with E-state index in [1.54, 1.807) is 13.8 Å². The fraction of sp³-hybridized carbons (Fsp3) is 0.846. The van der Waals surface area contributed by atoms with Crippen LogP contribution < -0.4 is 5.32 Å². The minimum Gasteiger partial charge on any atom is -0.342 e. The lowest BCUT2D eigenvalue weighted by Gasteiger charge is -2.47. The molecular weight excluding hydrogens is 254 g/mol. The molecule has 6 heteroatoms. The van der Waals surface area contributed by atoms with Crippen molar-refractivity contribution >= 4 is 11.8 Å². The fourth-order valence-corrected chi connectivity index (χ4v) is 3.15. The van der Waals surface area contributed by atoms with Crippen molar-refractivity contribution in [2.45, 2.75) is 57.5 Å². The third-order valence-electron chi connectivity index (χ3n) is 4.18. The number of nitrogens with one attached hydrogen (secondary N) is 1. The number of amides is 2. The Morgan fingerprint density at radius 3 is 2.37 bits per heavy atom. The van der Waals surface area contributed by atoms with Crippen LogP contribution >= 0.6 is 0 Å². The van der Waals surface area contributed by atoms with Gasteiger partial charge in [0.05, 0.1) is 6.54 Å². The Labute approximate surface area is 111 Å². The van der Waals surface area contributed by atoms with Crippen LogP contribution in [-0.4, -0.2) is 41.3 Å². The van der Waals surface area contributed by atoms with Crippen molar-refractivity contribution < 1.29 is 18.4 Å². The van der Waals surface area contributed by atoms with Gasteiger partial charge in [-0.25, -0.2) is 8.78 Å². The first-order valence-electron chi connectivity index (χ1n) is 6.79. The van der Waals surface area contributed by atoms with Crippen LogP contribution in [0.1, 0.15) is 39.5 Å². The van der Waals surface area contributed by atoms with Crippen LogP contribution in [0.5, 0.6) is 0 Å². The van der Waals surface area contributed by atoms with Crippen molar-refractivity contribution in [3.05, 3.63) is 0 Å². The Kier molecular flexibility index (Phi) is 3.78. The SMILES string of the molecule is CC(C)C1NC(=O)C2(CCCC2)N(CC(F)F)C1=O. The number of alkyl halides is 2. The van der Waals surface area contributed by atoms with E-state index in [0.717, 1.165) is 17.7 Å². The van der Waals surface area contributed by atoms with Gasteiger partial charge in [0.15, 0.2) is 0 Å². The number of piperazine rings is 1. The van der Waals surface area contributed by atoms with Gasteiger partial charge >= 0.3 is 0 Å². The highest BCUT2D eigenvalue weighted by Crippen LogP contribution is 2.39. The molecule has 0 radical (unpaired) electrons. The van der Waals surface area contributed by atoms with Crippen molar-refractivity contribution in [3.63, 3.8) is 0 Å². The molecule has 1 spiro atoms. The zero-order valence-corrected chi connectivity index (χ0v) is 11.3. The maximum Gasteiger partial charge on any atom is 0.255 e. The first kappa shape index (κ1) is 14.2. The fourth-order valence-electron chi connectivity index (χ4n) is 3.15. The Hall–Kier alpha value is -1.20. The molecule has 1 aliphatic heterocycles. The molecule has 1 saturated carbocycles. The van der Waals surface area contributed by atoms with E-state index in [-0.39, 0.29) is 17.7 Å². The van der Waals surface area contributed by atoms with Gasteiger partial charge in [0.25, 0.3) is 6.43 Å². The minimum absolute atomic E-state index is 0.102. The molecule has 1 atom stereocenters. The Balaban J connectivity index is 2.33. The number of hydrogen-bond donors (Lipinski definition) is 1. The maximum atomic E-state index is 12.8. The molecule has 2 rings (SSSR count). The molecule has 1 unspecified atom stereocenters. The van der Waals surface area contributed by atoms with Gasteiger partial charge in [-0.05, 0) is 18.8 Å². The van der Waals surface area contributed by atoms with Crippen LogP contribution in [0.15, 0.2) is 0 Å². The summed E-state index contributed by atoms with van der Waals surface area (Å²) < 4.78 is 25.5. The molecule has 19 heavy (non-hydrogen) atoms. The summed E-state index contributed by atoms with van der Waals surface area (Å²) in [6.45, 7) is 2.96. The van der Waals surface area contributed by atoms with Crippen molar-refractivity contribution in [1.82, 2.24) is 10.2 Å². The summed E-state index contributed by atoms with van der Waals surface area (Å²) in [6.07, 6.45) is -0.0378. The first-order chi connectivity index (χ1) is 8.88. The van der Waals surface area contributed by atoms with Crippen molar-refractivity contribution in [3.8, 4) is 0 Å². The molecular formula is C13H20F2N2O2. The summed E-state index contributed by atoms with van der Waals surface area (Å²) in [6, 6.07) is -0.683. The molecule has 108 valence electrons. The zero-order chi connectivity index (χ0) is 14.2. The van der Waals surface area contributed by atoms with Gasteiger partial charge in [-0.1, -0.05) is 26.7 Å². The lowest BCUT2D eigenvalue weighted by molar-refractivity contribution is -0.161. The van der Waals surface area contributed by atoms with Gasteiger partial charge in [0.1, 0.15) is 11.6 Å². The standard InChI is InChI=1S/C13H20F2N2O2/c1-8(2)10-11(18)17(7-9(14)15)13(12(19)16-10)5-3-4-6-13/h8-10H,3-7H2,1-2H3,(H,16,19). The van der Waals surface area contributed by atoms with E-state index in [0.29, 0.717) is 12.8 Å². The van der Waals surface area contributed by atoms with Crippen molar-refractivity contribution in [2.24, 2.45) is 5.92 Å². The number of carbonyl (C=O) groups excluding carboxylic acids is 2. The van der Waals surface area contributed by atoms with Crippen molar-refractivity contribution in [1.29, 1.82) is 0 Å². The van der Waals surface area contributed by atoms with E-state index < -0.39 is 24.6 Å². The minimum atomic E-state index is -2.61. The second-order valence-electron chi connectivity index (χ2n) is 5.77. The summed E-state index contributed by atoms with van der Waals surface area (Å²) in [5.41, 5.74) is -1.03. The molecule has 1 saturated heterocycles. The summed E-state index contributed by atoms with van der Waals surface area (Å²) in [4.78, 5) is 25.9. The highest BCUT2D eigenvalue weighted by molar-refractivity contribution is 6.00. The predicted molar refractivity (Wildman–Crippen MR) is 65.7 cm³/mol. The summed E-state index contributed by atoms with van der Waals surface area (Å²) >= 11 is 0. The molecule has 0 bridgehead atoms. The molecule has 0 aromatic rings. The molecule has 2 fully saturated rings. The van der Waals surface area contributed by atoms with E-state index in [9.17, 15) is 18.4 Å². The lowest BCUT2D eigenvalue weighted by Crippen LogP contribution is -2.71. The monoisotopic (exact) mass is 274 g/mol. The molecule has 0 aromatic carbocycles. The number of nitrogens with zero attached hydrogens (tertiary/aromatic N) is 1. The summed E-state index contributed by atoms with van der Waals surface area (Å²) in [5.74, 6) is -0.726. The van der Waals surface area contributed by atoms with E-state index in [1.165, 1.54) is 0 Å². The smallest absolute Gasteiger partial charge is 0.255 e. The Morgan fingerprint density at radius 2 is 1.89 bits per heavy atom. The maximum absolute atomic E-state index is 12.8. The third-order valence-corrected chi connectivity index (χ3v) is 4.18. The summed E-state index contributed by atoms with van der Waals surface area (Å²) in [5, 5.41) is 2.73.